The Morgan fingerprint density at radius 3 is 2.67 bits per heavy atom. The summed E-state index contributed by atoms with van der Waals surface area (Å²) in [5.74, 6) is 0.912. The van der Waals surface area contributed by atoms with Crippen LogP contribution in [-0.2, 0) is 10.0 Å². The van der Waals surface area contributed by atoms with Gasteiger partial charge in [-0.25, -0.2) is 13.1 Å². The fourth-order valence-electron chi connectivity index (χ4n) is 2.02. The van der Waals surface area contributed by atoms with E-state index in [4.69, 9.17) is 10.5 Å². The Morgan fingerprint density at radius 2 is 2.06 bits per heavy atom. The number of benzene rings is 1. The number of hydrogen-bond acceptors (Lipinski definition) is 4. The van der Waals surface area contributed by atoms with Gasteiger partial charge in [0.1, 0.15) is 10.6 Å². The van der Waals surface area contributed by atoms with Gasteiger partial charge >= 0.3 is 0 Å². The molecule has 0 radical (unpaired) electrons. The summed E-state index contributed by atoms with van der Waals surface area (Å²) in [5.41, 5.74) is 5.55. The average molecular weight is 270 g/mol. The normalized spacial score (nSPS) is 23.4. The zero-order valence-electron chi connectivity index (χ0n) is 10.3. The molecule has 1 fully saturated rings. The smallest absolute Gasteiger partial charge is 0.243 e. The minimum absolute atomic E-state index is 0.0757. The molecule has 3 N–H and O–H groups in total. The zero-order chi connectivity index (χ0) is 13.2. The van der Waals surface area contributed by atoms with E-state index in [0.717, 1.165) is 12.8 Å². The van der Waals surface area contributed by atoms with E-state index in [2.05, 4.69) is 4.72 Å². The van der Waals surface area contributed by atoms with Gasteiger partial charge in [-0.2, -0.15) is 0 Å². The van der Waals surface area contributed by atoms with Crippen molar-refractivity contribution in [1.29, 1.82) is 0 Å². The Morgan fingerprint density at radius 1 is 1.39 bits per heavy atom. The molecule has 0 spiro atoms. The molecule has 5 nitrogen and oxygen atoms in total. The Bertz CT molecular complexity index is 510. The molecule has 1 aromatic rings. The van der Waals surface area contributed by atoms with Crippen LogP contribution < -0.4 is 15.2 Å². The highest BCUT2D eigenvalue weighted by Gasteiger charge is 2.31. The summed E-state index contributed by atoms with van der Waals surface area (Å²) in [5, 5.41) is 0. The predicted molar refractivity (Wildman–Crippen MR) is 68.9 cm³/mol. The molecule has 1 aliphatic rings. The monoisotopic (exact) mass is 270 g/mol. The predicted octanol–water partition coefficient (Wildman–Crippen LogP) is 0.711. The SMILES string of the molecule is CNS(=O)(=O)c1ccccc1OC1CC(CN)C1. The molecule has 0 atom stereocenters. The largest absolute Gasteiger partial charge is 0.489 e. The van der Waals surface area contributed by atoms with Crippen LogP contribution in [0.2, 0.25) is 0 Å². The molecule has 1 saturated carbocycles. The summed E-state index contributed by atoms with van der Waals surface area (Å²) < 4.78 is 31.7. The van der Waals surface area contributed by atoms with Crippen LogP contribution in [0.4, 0.5) is 0 Å². The van der Waals surface area contributed by atoms with Crippen molar-refractivity contribution in [3.63, 3.8) is 0 Å². The molecule has 18 heavy (non-hydrogen) atoms. The number of ether oxygens (including phenoxy) is 1. The van der Waals surface area contributed by atoms with Crippen LogP contribution in [0.15, 0.2) is 29.2 Å². The van der Waals surface area contributed by atoms with E-state index < -0.39 is 10.0 Å². The minimum Gasteiger partial charge on any atom is -0.489 e. The lowest BCUT2D eigenvalue weighted by molar-refractivity contribution is 0.0664. The van der Waals surface area contributed by atoms with Crippen LogP contribution in [0.25, 0.3) is 0 Å². The maximum Gasteiger partial charge on any atom is 0.243 e. The van der Waals surface area contributed by atoms with Crippen molar-refractivity contribution in [2.75, 3.05) is 13.6 Å². The second kappa shape index (κ2) is 5.26. The molecule has 100 valence electrons. The van der Waals surface area contributed by atoms with Gasteiger partial charge in [0.2, 0.25) is 10.0 Å². The molecule has 0 heterocycles. The molecule has 6 heteroatoms. The highest BCUT2D eigenvalue weighted by molar-refractivity contribution is 7.89. The Hall–Kier alpha value is -1.11. The molecular formula is C12H18N2O3S. The summed E-state index contributed by atoms with van der Waals surface area (Å²) in [4.78, 5) is 0.184. The number of nitrogens with two attached hydrogens (primary N) is 1. The molecule has 0 aliphatic heterocycles. The summed E-state index contributed by atoms with van der Waals surface area (Å²) in [6.45, 7) is 0.663. The standard InChI is InChI=1S/C12H18N2O3S/c1-14-18(15,16)12-5-3-2-4-11(12)17-10-6-9(7-10)8-13/h2-5,9-10,14H,6-8,13H2,1H3. The number of hydrogen-bond donors (Lipinski definition) is 2. The second-order valence-electron chi connectivity index (χ2n) is 4.47. The Kier molecular flexibility index (Phi) is 3.89. The Labute approximate surface area is 107 Å². The number of sulfonamides is 1. The van der Waals surface area contributed by atoms with E-state index in [9.17, 15) is 8.42 Å². The summed E-state index contributed by atoms with van der Waals surface area (Å²) >= 11 is 0. The quantitative estimate of drug-likeness (QED) is 0.825. The highest BCUT2D eigenvalue weighted by atomic mass is 32.2. The molecule has 0 unspecified atom stereocenters. The molecule has 0 saturated heterocycles. The summed E-state index contributed by atoms with van der Waals surface area (Å²) in [6, 6.07) is 6.67. The van der Waals surface area contributed by atoms with E-state index in [1.807, 2.05) is 0 Å². The van der Waals surface area contributed by atoms with Gasteiger partial charge in [0.15, 0.2) is 0 Å². The van der Waals surface area contributed by atoms with E-state index in [-0.39, 0.29) is 11.0 Å². The van der Waals surface area contributed by atoms with Gasteiger partial charge in [-0.15, -0.1) is 0 Å². The lowest BCUT2D eigenvalue weighted by Crippen LogP contribution is -2.38. The van der Waals surface area contributed by atoms with Crippen LogP contribution in [0, 0.1) is 5.92 Å². The van der Waals surface area contributed by atoms with Crippen LogP contribution in [0.1, 0.15) is 12.8 Å². The summed E-state index contributed by atoms with van der Waals surface area (Å²) in [6.07, 6.45) is 1.86. The Balaban J connectivity index is 2.14. The van der Waals surface area contributed by atoms with Gasteiger partial charge in [-0.3, -0.25) is 0 Å². The number of para-hydroxylation sites is 1. The van der Waals surface area contributed by atoms with Crippen molar-refractivity contribution in [2.24, 2.45) is 11.7 Å². The zero-order valence-corrected chi connectivity index (χ0v) is 11.1. The van der Waals surface area contributed by atoms with Gasteiger partial charge in [-0.05, 0) is 44.5 Å². The first-order valence-corrected chi connectivity index (χ1v) is 7.44. The van der Waals surface area contributed by atoms with E-state index in [0.29, 0.717) is 18.2 Å². The fourth-order valence-corrected chi connectivity index (χ4v) is 2.88. The van der Waals surface area contributed by atoms with Crippen LogP contribution in [0.3, 0.4) is 0 Å². The molecule has 0 amide bonds. The molecular weight excluding hydrogens is 252 g/mol. The molecule has 2 rings (SSSR count). The maximum atomic E-state index is 11.8. The van der Waals surface area contributed by atoms with Crippen molar-refractivity contribution in [3.05, 3.63) is 24.3 Å². The van der Waals surface area contributed by atoms with Crippen molar-refractivity contribution in [2.45, 2.75) is 23.8 Å². The van der Waals surface area contributed by atoms with E-state index in [1.54, 1.807) is 24.3 Å². The van der Waals surface area contributed by atoms with Crippen molar-refractivity contribution in [3.8, 4) is 5.75 Å². The molecule has 0 aromatic heterocycles. The van der Waals surface area contributed by atoms with Crippen LogP contribution in [-0.4, -0.2) is 28.1 Å². The third kappa shape index (κ3) is 2.66. The minimum atomic E-state index is -3.48. The van der Waals surface area contributed by atoms with Gasteiger partial charge in [0, 0.05) is 0 Å². The third-order valence-corrected chi connectivity index (χ3v) is 4.68. The van der Waals surface area contributed by atoms with E-state index >= 15 is 0 Å². The van der Waals surface area contributed by atoms with Crippen LogP contribution >= 0.6 is 0 Å². The van der Waals surface area contributed by atoms with Crippen molar-refractivity contribution >= 4 is 10.0 Å². The fraction of sp³-hybridized carbons (Fsp3) is 0.500. The number of rotatable bonds is 5. The molecule has 0 bridgehead atoms. The average Bonchev–Trinajstić information content (AvgIpc) is 2.33. The van der Waals surface area contributed by atoms with Crippen molar-refractivity contribution < 1.29 is 13.2 Å². The lowest BCUT2D eigenvalue weighted by atomic mass is 9.82. The topological polar surface area (TPSA) is 81.4 Å². The number of nitrogens with one attached hydrogen (secondary N) is 1. The molecule has 1 aliphatic carbocycles. The third-order valence-electron chi connectivity index (χ3n) is 3.23. The first-order valence-electron chi connectivity index (χ1n) is 5.96. The second-order valence-corrected chi connectivity index (χ2v) is 6.32. The van der Waals surface area contributed by atoms with Crippen molar-refractivity contribution in [1.82, 2.24) is 4.72 Å². The van der Waals surface area contributed by atoms with E-state index in [1.165, 1.54) is 7.05 Å². The van der Waals surface area contributed by atoms with Gasteiger partial charge in [0.05, 0.1) is 6.10 Å². The maximum absolute atomic E-state index is 11.8. The molecule has 1 aromatic carbocycles. The van der Waals surface area contributed by atoms with Crippen LogP contribution in [0.5, 0.6) is 5.75 Å². The van der Waals surface area contributed by atoms with Gasteiger partial charge < -0.3 is 10.5 Å². The first-order chi connectivity index (χ1) is 8.56. The van der Waals surface area contributed by atoms with Gasteiger partial charge in [0.25, 0.3) is 0 Å². The first kappa shape index (κ1) is 13.3. The summed E-state index contributed by atoms with van der Waals surface area (Å²) in [7, 11) is -2.09. The van der Waals surface area contributed by atoms with Gasteiger partial charge in [-0.1, -0.05) is 12.1 Å². The highest BCUT2D eigenvalue weighted by Crippen LogP contribution is 2.33. The lowest BCUT2D eigenvalue weighted by Gasteiger charge is -2.34.